The van der Waals surface area contributed by atoms with Gasteiger partial charge in [0.15, 0.2) is 0 Å². The number of halogens is 1. The minimum Gasteiger partial charge on any atom is -0.492 e. The number of sulfonamides is 1. The van der Waals surface area contributed by atoms with Crippen molar-refractivity contribution < 1.29 is 22.3 Å². The van der Waals surface area contributed by atoms with Crippen molar-refractivity contribution in [1.82, 2.24) is 9.62 Å². The Kier molecular flexibility index (Phi) is 7.10. The van der Waals surface area contributed by atoms with E-state index in [1.54, 1.807) is 13.8 Å². The van der Waals surface area contributed by atoms with Gasteiger partial charge in [-0.2, -0.15) is 4.31 Å². The largest absolute Gasteiger partial charge is 0.492 e. The first-order valence-corrected chi connectivity index (χ1v) is 11.6. The van der Waals surface area contributed by atoms with Crippen molar-refractivity contribution >= 4 is 15.9 Å². The Balaban J connectivity index is 1.60. The molecule has 0 aromatic heterocycles. The molecule has 30 heavy (non-hydrogen) atoms. The van der Waals surface area contributed by atoms with Gasteiger partial charge in [-0.25, -0.2) is 12.8 Å². The van der Waals surface area contributed by atoms with E-state index in [4.69, 9.17) is 4.74 Å². The van der Waals surface area contributed by atoms with Crippen LogP contribution in [-0.4, -0.2) is 44.9 Å². The Labute approximate surface area is 177 Å². The van der Waals surface area contributed by atoms with Crippen molar-refractivity contribution in [3.8, 4) is 5.75 Å². The van der Waals surface area contributed by atoms with Crippen molar-refractivity contribution in [2.45, 2.75) is 38.0 Å². The average Bonchev–Trinajstić information content (AvgIpc) is 3.19. The molecule has 0 bridgehead atoms. The van der Waals surface area contributed by atoms with Crippen molar-refractivity contribution in [3.05, 3.63) is 58.9 Å². The summed E-state index contributed by atoms with van der Waals surface area (Å²) in [4.78, 5) is 11.9. The molecule has 0 radical (unpaired) electrons. The highest BCUT2D eigenvalue weighted by atomic mass is 32.2. The van der Waals surface area contributed by atoms with Crippen molar-refractivity contribution in [1.29, 1.82) is 0 Å². The standard InChI is InChI=1S/C22H27FN2O4S/c1-3-25(4-2)30(27,28)21-15-18(9-11-20(21)23)22(26)24-12-13-29-19-10-8-16-6-5-7-17(16)14-19/h8-11,14-15H,3-7,12-13H2,1-2H3,(H,24,26). The molecule has 1 aliphatic carbocycles. The minimum atomic E-state index is -4.00. The molecule has 162 valence electrons. The molecule has 2 aromatic rings. The topological polar surface area (TPSA) is 75.7 Å². The van der Waals surface area contributed by atoms with Crippen LogP contribution in [0, 0.1) is 5.82 Å². The van der Waals surface area contributed by atoms with Gasteiger partial charge < -0.3 is 10.1 Å². The van der Waals surface area contributed by atoms with Crippen LogP contribution in [-0.2, 0) is 22.9 Å². The summed E-state index contributed by atoms with van der Waals surface area (Å²) >= 11 is 0. The van der Waals surface area contributed by atoms with Crippen molar-refractivity contribution in [3.63, 3.8) is 0 Å². The lowest BCUT2D eigenvalue weighted by atomic mass is 10.1. The van der Waals surface area contributed by atoms with Gasteiger partial charge in [-0.15, -0.1) is 0 Å². The maximum atomic E-state index is 14.2. The van der Waals surface area contributed by atoms with Crippen LogP contribution in [0.3, 0.4) is 0 Å². The van der Waals surface area contributed by atoms with Gasteiger partial charge in [0.25, 0.3) is 5.91 Å². The maximum Gasteiger partial charge on any atom is 0.251 e. The number of hydrogen-bond acceptors (Lipinski definition) is 4. The normalized spacial score (nSPS) is 13.3. The van der Waals surface area contributed by atoms with Gasteiger partial charge in [0, 0.05) is 18.7 Å². The fourth-order valence-corrected chi connectivity index (χ4v) is 5.17. The molecule has 2 aromatic carbocycles. The Morgan fingerprint density at radius 3 is 2.57 bits per heavy atom. The van der Waals surface area contributed by atoms with Gasteiger partial charge in [0.05, 0.1) is 6.54 Å². The molecule has 6 nitrogen and oxygen atoms in total. The van der Waals surface area contributed by atoms with Crippen LogP contribution in [0.15, 0.2) is 41.3 Å². The lowest BCUT2D eigenvalue weighted by molar-refractivity contribution is 0.0946. The number of fused-ring (bicyclic) bond motifs is 1. The first-order chi connectivity index (χ1) is 14.4. The Morgan fingerprint density at radius 2 is 1.83 bits per heavy atom. The SMILES string of the molecule is CCN(CC)S(=O)(=O)c1cc(C(=O)NCCOc2ccc3c(c2)CCC3)ccc1F. The van der Waals surface area contributed by atoms with E-state index in [1.807, 2.05) is 12.1 Å². The third-order valence-corrected chi connectivity index (χ3v) is 7.31. The maximum absolute atomic E-state index is 14.2. The first-order valence-electron chi connectivity index (χ1n) is 10.2. The fraction of sp³-hybridized carbons (Fsp3) is 0.409. The molecule has 0 saturated carbocycles. The van der Waals surface area contributed by atoms with E-state index in [9.17, 15) is 17.6 Å². The molecular weight excluding hydrogens is 407 g/mol. The van der Waals surface area contributed by atoms with E-state index in [0.717, 1.165) is 35.0 Å². The van der Waals surface area contributed by atoms with E-state index in [1.165, 1.54) is 23.6 Å². The van der Waals surface area contributed by atoms with Gasteiger partial charge in [-0.3, -0.25) is 4.79 Å². The van der Waals surface area contributed by atoms with E-state index in [-0.39, 0.29) is 31.8 Å². The zero-order chi connectivity index (χ0) is 21.7. The highest BCUT2D eigenvalue weighted by Crippen LogP contribution is 2.26. The van der Waals surface area contributed by atoms with Crippen LogP contribution in [0.2, 0.25) is 0 Å². The van der Waals surface area contributed by atoms with E-state index in [2.05, 4.69) is 11.4 Å². The van der Waals surface area contributed by atoms with Gasteiger partial charge in [0.2, 0.25) is 10.0 Å². The molecular formula is C22H27FN2O4S. The number of aryl methyl sites for hydroxylation is 2. The van der Waals surface area contributed by atoms with Crippen LogP contribution in [0.25, 0.3) is 0 Å². The fourth-order valence-electron chi connectivity index (χ4n) is 3.62. The number of benzene rings is 2. The summed E-state index contributed by atoms with van der Waals surface area (Å²) in [5, 5.41) is 2.68. The third-order valence-electron chi connectivity index (χ3n) is 5.24. The predicted molar refractivity (Wildman–Crippen MR) is 113 cm³/mol. The Bertz CT molecular complexity index is 1020. The number of nitrogens with zero attached hydrogens (tertiary/aromatic N) is 1. The highest BCUT2D eigenvalue weighted by molar-refractivity contribution is 7.89. The van der Waals surface area contributed by atoms with Crippen LogP contribution < -0.4 is 10.1 Å². The van der Waals surface area contributed by atoms with Crippen LogP contribution >= 0.6 is 0 Å². The minimum absolute atomic E-state index is 0.0830. The molecule has 8 heteroatoms. The molecule has 0 heterocycles. The molecule has 1 amide bonds. The summed E-state index contributed by atoms with van der Waals surface area (Å²) in [5.74, 6) is -0.596. The predicted octanol–water partition coefficient (Wildman–Crippen LogP) is 3.15. The molecule has 0 atom stereocenters. The van der Waals surface area contributed by atoms with Gasteiger partial charge in [-0.1, -0.05) is 19.9 Å². The molecule has 3 rings (SSSR count). The second-order valence-corrected chi connectivity index (χ2v) is 9.03. The van der Waals surface area contributed by atoms with E-state index < -0.39 is 26.6 Å². The molecule has 0 spiro atoms. The second kappa shape index (κ2) is 9.57. The summed E-state index contributed by atoms with van der Waals surface area (Å²) < 4.78 is 46.3. The monoisotopic (exact) mass is 434 g/mol. The first kappa shape index (κ1) is 22.2. The number of carbonyl (C=O) groups is 1. The van der Waals surface area contributed by atoms with Crippen molar-refractivity contribution in [2.75, 3.05) is 26.2 Å². The summed E-state index contributed by atoms with van der Waals surface area (Å²) in [6, 6.07) is 9.40. The smallest absolute Gasteiger partial charge is 0.251 e. The van der Waals surface area contributed by atoms with Crippen LogP contribution in [0.1, 0.15) is 41.8 Å². The lowest BCUT2D eigenvalue weighted by Crippen LogP contribution is -2.32. The van der Waals surface area contributed by atoms with E-state index in [0.29, 0.717) is 0 Å². The highest BCUT2D eigenvalue weighted by Gasteiger charge is 2.26. The van der Waals surface area contributed by atoms with Crippen molar-refractivity contribution in [2.24, 2.45) is 0 Å². The number of rotatable bonds is 9. The zero-order valence-corrected chi connectivity index (χ0v) is 18.1. The molecule has 0 saturated heterocycles. The summed E-state index contributed by atoms with van der Waals surface area (Å²) in [6.45, 7) is 4.30. The molecule has 1 N–H and O–H groups in total. The number of hydrogen-bond donors (Lipinski definition) is 1. The lowest BCUT2D eigenvalue weighted by Gasteiger charge is -2.19. The molecule has 0 aliphatic heterocycles. The molecule has 1 aliphatic rings. The Hall–Kier alpha value is -2.45. The number of amides is 1. The van der Waals surface area contributed by atoms with Crippen LogP contribution in [0.4, 0.5) is 4.39 Å². The van der Waals surface area contributed by atoms with Gasteiger partial charge >= 0.3 is 0 Å². The zero-order valence-electron chi connectivity index (χ0n) is 17.3. The molecule has 0 unspecified atom stereocenters. The number of carbonyl (C=O) groups excluding carboxylic acids is 1. The second-order valence-electron chi connectivity index (χ2n) is 7.12. The summed E-state index contributed by atoms with van der Waals surface area (Å²) in [7, 11) is -4.00. The van der Waals surface area contributed by atoms with Gasteiger partial charge in [0.1, 0.15) is 23.1 Å². The third kappa shape index (κ3) is 4.82. The van der Waals surface area contributed by atoms with E-state index >= 15 is 0 Å². The summed E-state index contributed by atoms with van der Waals surface area (Å²) in [6.07, 6.45) is 3.33. The number of ether oxygens (including phenoxy) is 1. The quantitative estimate of drug-likeness (QED) is 0.615. The average molecular weight is 435 g/mol. The van der Waals surface area contributed by atoms with Crippen LogP contribution in [0.5, 0.6) is 5.75 Å². The van der Waals surface area contributed by atoms with Gasteiger partial charge in [-0.05, 0) is 60.7 Å². The molecule has 0 fully saturated rings. The summed E-state index contributed by atoms with van der Waals surface area (Å²) in [5.41, 5.74) is 2.76. The number of nitrogens with one attached hydrogen (secondary N) is 1. The Morgan fingerprint density at radius 1 is 1.10 bits per heavy atom.